The van der Waals surface area contributed by atoms with Crippen molar-refractivity contribution in [2.45, 2.75) is 0 Å². The van der Waals surface area contributed by atoms with Crippen molar-refractivity contribution < 1.29 is 9.00 Å². The SMILES string of the molecule is CN(C)S(N)(=O)=NC=O. The van der Waals surface area contributed by atoms with Crippen molar-refractivity contribution in [3.05, 3.63) is 0 Å². The molecule has 1 atom stereocenters. The molecule has 1 amide bonds. The van der Waals surface area contributed by atoms with Crippen LogP contribution in [0.3, 0.4) is 0 Å². The van der Waals surface area contributed by atoms with E-state index in [1.54, 1.807) is 0 Å². The second-order valence-corrected chi connectivity index (χ2v) is 3.58. The summed E-state index contributed by atoms with van der Waals surface area (Å²) in [6.45, 7) is 0. The molecule has 0 rings (SSSR count). The molecule has 0 spiro atoms. The van der Waals surface area contributed by atoms with Gasteiger partial charge in [-0.05, 0) is 0 Å². The molecular weight excluding hydrogens is 142 g/mol. The van der Waals surface area contributed by atoms with E-state index in [4.69, 9.17) is 5.14 Å². The third kappa shape index (κ3) is 2.54. The molecule has 0 fully saturated rings. The summed E-state index contributed by atoms with van der Waals surface area (Å²) in [6, 6.07) is 0. The largest absolute Gasteiger partial charge is 0.276 e. The summed E-state index contributed by atoms with van der Waals surface area (Å²) in [5.74, 6) is 0. The minimum absolute atomic E-state index is 0.183. The average molecular weight is 151 g/mol. The zero-order chi connectivity index (χ0) is 7.49. The highest BCUT2D eigenvalue weighted by Gasteiger charge is 2.01. The quantitative estimate of drug-likeness (QED) is 0.512. The molecule has 54 valence electrons. The minimum atomic E-state index is -2.91. The highest BCUT2D eigenvalue weighted by molar-refractivity contribution is 7.89. The smallest absolute Gasteiger partial charge is 0.243 e. The second-order valence-electron chi connectivity index (χ2n) is 1.56. The van der Waals surface area contributed by atoms with Crippen LogP contribution in [0.25, 0.3) is 0 Å². The van der Waals surface area contributed by atoms with Crippen LogP contribution in [0.4, 0.5) is 0 Å². The molecule has 5 nitrogen and oxygen atoms in total. The molecule has 0 aliphatic heterocycles. The van der Waals surface area contributed by atoms with Gasteiger partial charge in [0.15, 0.2) is 10.1 Å². The lowest BCUT2D eigenvalue weighted by Gasteiger charge is -2.08. The van der Waals surface area contributed by atoms with E-state index in [0.717, 1.165) is 0 Å². The number of hydrogen-bond donors (Lipinski definition) is 1. The van der Waals surface area contributed by atoms with E-state index in [1.807, 2.05) is 0 Å². The van der Waals surface area contributed by atoms with E-state index in [1.165, 1.54) is 18.4 Å². The van der Waals surface area contributed by atoms with Crippen LogP contribution in [0, 0.1) is 0 Å². The van der Waals surface area contributed by atoms with Crippen LogP contribution in [0.5, 0.6) is 0 Å². The minimum Gasteiger partial charge on any atom is -0.276 e. The number of carbonyl (C=O) groups excluding carboxylic acids is 1. The van der Waals surface area contributed by atoms with Gasteiger partial charge < -0.3 is 0 Å². The maximum atomic E-state index is 10.8. The molecule has 2 N–H and O–H groups in total. The monoisotopic (exact) mass is 151 g/mol. The van der Waals surface area contributed by atoms with Gasteiger partial charge in [0.25, 0.3) is 0 Å². The topological polar surface area (TPSA) is 75.8 Å². The van der Waals surface area contributed by atoms with Crippen LogP contribution in [0.2, 0.25) is 0 Å². The Labute approximate surface area is 54.3 Å². The van der Waals surface area contributed by atoms with Crippen molar-refractivity contribution in [2.75, 3.05) is 14.1 Å². The van der Waals surface area contributed by atoms with Gasteiger partial charge in [-0.2, -0.15) is 0 Å². The van der Waals surface area contributed by atoms with Gasteiger partial charge in [0.2, 0.25) is 6.41 Å². The molecule has 0 aromatic heterocycles. The fraction of sp³-hybridized carbons (Fsp3) is 0.667. The zero-order valence-electron chi connectivity index (χ0n) is 5.27. The average Bonchev–Trinajstić information content (AvgIpc) is 1.65. The van der Waals surface area contributed by atoms with E-state index < -0.39 is 10.1 Å². The Morgan fingerprint density at radius 2 is 2.11 bits per heavy atom. The first-order chi connectivity index (χ1) is 4.00. The summed E-state index contributed by atoms with van der Waals surface area (Å²) in [5, 5.41) is 5.03. The number of rotatable bonds is 2. The standard InChI is InChI=1S/C3H9N3O2S/c1-6(2)9(4,8)5-3-7/h3H,1-2H3,(H2,4,5,7,8). The maximum Gasteiger partial charge on any atom is 0.243 e. The van der Waals surface area contributed by atoms with Gasteiger partial charge >= 0.3 is 0 Å². The Morgan fingerprint density at radius 1 is 1.67 bits per heavy atom. The van der Waals surface area contributed by atoms with Crippen LogP contribution in [-0.2, 0) is 14.9 Å². The van der Waals surface area contributed by atoms with Crippen LogP contribution in [0.15, 0.2) is 4.36 Å². The number of nitrogens with two attached hydrogens (primary N) is 1. The van der Waals surface area contributed by atoms with Crippen LogP contribution in [0.1, 0.15) is 0 Å². The molecule has 0 aliphatic rings. The van der Waals surface area contributed by atoms with E-state index in [2.05, 4.69) is 4.36 Å². The molecule has 0 heterocycles. The van der Waals surface area contributed by atoms with Gasteiger partial charge in [0.05, 0.1) is 0 Å². The summed E-state index contributed by atoms with van der Waals surface area (Å²) in [5.41, 5.74) is 0. The molecule has 0 aromatic rings. The summed E-state index contributed by atoms with van der Waals surface area (Å²) in [6.07, 6.45) is 0.183. The predicted octanol–water partition coefficient (Wildman–Crippen LogP) is -1.04. The van der Waals surface area contributed by atoms with E-state index >= 15 is 0 Å². The molecule has 0 saturated heterocycles. The van der Waals surface area contributed by atoms with Crippen molar-refractivity contribution >= 4 is 16.5 Å². The van der Waals surface area contributed by atoms with Gasteiger partial charge in [-0.1, -0.05) is 0 Å². The Hall–Kier alpha value is -0.460. The van der Waals surface area contributed by atoms with Gasteiger partial charge in [0, 0.05) is 14.1 Å². The number of hydrogen-bond acceptors (Lipinski definition) is 2. The Morgan fingerprint density at radius 3 is 2.22 bits per heavy atom. The molecule has 0 saturated carbocycles. The molecule has 0 bridgehead atoms. The van der Waals surface area contributed by atoms with Crippen LogP contribution < -0.4 is 5.14 Å². The molecule has 6 heteroatoms. The molecule has 9 heavy (non-hydrogen) atoms. The van der Waals surface area contributed by atoms with Crippen molar-refractivity contribution in [1.82, 2.24) is 4.31 Å². The van der Waals surface area contributed by atoms with Crippen molar-refractivity contribution in [3.8, 4) is 0 Å². The first-order valence-corrected chi connectivity index (χ1v) is 3.69. The van der Waals surface area contributed by atoms with Gasteiger partial charge in [-0.15, -0.1) is 4.36 Å². The van der Waals surface area contributed by atoms with E-state index in [-0.39, 0.29) is 6.41 Å². The first-order valence-electron chi connectivity index (χ1n) is 2.16. The third-order valence-electron chi connectivity index (χ3n) is 0.717. The predicted molar refractivity (Wildman–Crippen MR) is 34.5 cm³/mol. The summed E-state index contributed by atoms with van der Waals surface area (Å²) in [7, 11) is 0.0550. The highest BCUT2D eigenvalue weighted by atomic mass is 32.2. The molecule has 0 aliphatic carbocycles. The van der Waals surface area contributed by atoms with Gasteiger partial charge in [0.1, 0.15) is 0 Å². The lowest BCUT2D eigenvalue weighted by Crippen LogP contribution is -2.29. The summed E-state index contributed by atoms with van der Waals surface area (Å²) in [4.78, 5) is 9.67. The number of amides is 1. The highest BCUT2D eigenvalue weighted by Crippen LogP contribution is 1.85. The van der Waals surface area contributed by atoms with Crippen molar-refractivity contribution in [2.24, 2.45) is 9.50 Å². The van der Waals surface area contributed by atoms with Crippen LogP contribution in [-0.4, -0.2) is 29.0 Å². The summed E-state index contributed by atoms with van der Waals surface area (Å²) < 4.78 is 15.0. The molecular formula is C3H9N3O2S. The Balaban J connectivity index is 4.59. The summed E-state index contributed by atoms with van der Waals surface area (Å²) >= 11 is 0. The van der Waals surface area contributed by atoms with E-state index in [9.17, 15) is 9.00 Å². The lowest BCUT2D eigenvalue weighted by atomic mass is 11.3. The van der Waals surface area contributed by atoms with Gasteiger partial charge in [-0.3, -0.25) is 4.79 Å². The third-order valence-corrected chi connectivity index (χ3v) is 2.15. The van der Waals surface area contributed by atoms with Crippen LogP contribution >= 0.6 is 0 Å². The number of carbonyl (C=O) groups is 1. The van der Waals surface area contributed by atoms with Crippen molar-refractivity contribution in [1.29, 1.82) is 0 Å². The second kappa shape index (κ2) is 2.90. The maximum absolute atomic E-state index is 10.8. The molecule has 1 unspecified atom stereocenters. The zero-order valence-corrected chi connectivity index (χ0v) is 6.09. The molecule has 0 radical (unpaired) electrons. The fourth-order valence-corrected chi connectivity index (χ4v) is 0.468. The lowest BCUT2D eigenvalue weighted by molar-refractivity contribution is -0.106. The normalized spacial score (nSPS) is 16.9. The fourth-order valence-electron chi connectivity index (χ4n) is 0.156. The van der Waals surface area contributed by atoms with Crippen molar-refractivity contribution in [3.63, 3.8) is 0 Å². The first kappa shape index (κ1) is 8.54. The number of nitrogens with zero attached hydrogens (tertiary/aromatic N) is 2. The Bertz CT molecular complexity index is 203. The van der Waals surface area contributed by atoms with Gasteiger partial charge in [-0.25, -0.2) is 13.7 Å². The van der Waals surface area contributed by atoms with E-state index in [0.29, 0.717) is 0 Å². The molecule has 0 aromatic carbocycles. The Kier molecular flexibility index (Phi) is 2.75.